The van der Waals surface area contributed by atoms with Gasteiger partial charge in [-0.3, -0.25) is 0 Å². The van der Waals surface area contributed by atoms with E-state index in [4.69, 9.17) is 0 Å². The molecule has 0 saturated heterocycles. The van der Waals surface area contributed by atoms with Crippen molar-refractivity contribution in [3.8, 4) is 0 Å². The number of hydrogen-bond donors (Lipinski definition) is 1. The zero-order chi connectivity index (χ0) is 12.5. The zero-order valence-corrected chi connectivity index (χ0v) is 11.0. The number of anilines is 1. The Labute approximate surface area is 108 Å². The topological polar surface area (TPSA) is 29.9 Å². The summed E-state index contributed by atoms with van der Waals surface area (Å²) in [5, 5.41) is 3.39. The Morgan fingerprint density at radius 3 is 3.00 bits per heavy atom. The fraction of sp³-hybridized carbons (Fsp3) is 0.400. The molecule has 2 heterocycles. The normalized spacial score (nSPS) is 18.2. The van der Waals surface area contributed by atoms with Crippen LogP contribution in [0.25, 0.3) is 0 Å². The summed E-state index contributed by atoms with van der Waals surface area (Å²) < 4.78 is 2.30. The van der Waals surface area contributed by atoms with Crippen molar-refractivity contribution in [3.63, 3.8) is 0 Å². The second-order valence-corrected chi connectivity index (χ2v) is 4.90. The molecule has 1 N–H and O–H groups in total. The van der Waals surface area contributed by atoms with Crippen LogP contribution in [0.4, 0.5) is 5.95 Å². The Balaban J connectivity index is 2.06. The van der Waals surface area contributed by atoms with E-state index in [1.165, 1.54) is 11.1 Å². The minimum atomic E-state index is 0.426. The number of hydrogen-bond acceptors (Lipinski definition) is 2. The molecule has 0 radical (unpaired) electrons. The average Bonchev–Trinajstić information content (AvgIpc) is 2.82. The number of fused-ring (bicyclic) bond motifs is 1. The molecule has 1 unspecified atom stereocenters. The lowest BCUT2D eigenvalue weighted by molar-refractivity contribution is 0.528. The van der Waals surface area contributed by atoms with E-state index in [-0.39, 0.29) is 0 Å². The number of benzene rings is 1. The van der Waals surface area contributed by atoms with E-state index in [1.54, 1.807) is 0 Å². The maximum absolute atomic E-state index is 4.63. The molecule has 1 aliphatic rings. The summed E-state index contributed by atoms with van der Waals surface area (Å²) in [6.07, 6.45) is 4.30. The molecule has 3 nitrogen and oxygen atoms in total. The number of rotatable bonds is 2. The van der Waals surface area contributed by atoms with Crippen LogP contribution in [0, 0.1) is 6.92 Å². The molecule has 94 valence electrons. The molecule has 18 heavy (non-hydrogen) atoms. The van der Waals surface area contributed by atoms with E-state index in [1.807, 2.05) is 0 Å². The van der Waals surface area contributed by atoms with Gasteiger partial charge in [0.15, 0.2) is 0 Å². The monoisotopic (exact) mass is 241 g/mol. The first-order valence-electron chi connectivity index (χ1n) is 6.66. The van der Waals surface area contributed by atoms with E-state index in [0.717, 1.165) is 31.0 Å². The molecule has 3 heteroatoms. The predicted molar refractivity (Wildman–Crippen MR) is 74.0 cm³/mol. The van der Waals surface area contributed by atoms with E-state index in [9.17, 15) is 0 Å². The Kier molecular flexibility index (Phi) is 2.82. The largest absolute Gasteiger partial charge is 0.356 e. The van der Waals surface area contributed by atoms with Crippen LogP contribution in [0.3, 0.4) is 0 Å². The van der Waals surface area contributed by atoms with Crippen molar-refractivity contribution >= 4 is 5.95 Å². The molecule has 0 spiro atoms. The number of nitrogens with zero attached hydrogens (tertiary/aromatic N) is 2. The van der Waals surface area contributed by atoms with Crippen LogP contribution in [0.5, 0.6) is 0 Å². The molecule has 1 atom stereocenters. The van der Waals surface area contributed by atoms with Gasteiger partial charge < -0.3 is 9.88 Å². The van der Waals surface area contributed by atoms with Crippen LogP contribution < -0.4 is 5.32 Å². The van der Waals surface area contributed by atoms with Crippen LogP contribution >= 0.6 is 0 Å². The van der Waals surface area contributed by atoms with Gasteiger partial charge in [0.1, 0.15) is 0 Å². The van der Waals surface area contributed by atoms with Gasteiger partial charge in [-0.15, -0.1) is 0 Å². The molecule has 1 aromatic heterocycles. The summed E-state index contributed by atoms with van der Waals surface area (Å²) in [6, 6.07) is 9.08. The maximum Gasteiger partial charge on any atom is 0.203 e. The third kappa shape index (κ3) is 1.80. The standard InChI is InChI=1S/C15H19N3/c1-3-12-10-18-14(8-9-16-15(18)17-12)13-7-5-4-6-11(13)2/h4-7,10,14H,3,8-9H2,1-2H3,(H,16,17). The van der Waals surface area contributed by atoms with Gasteiger partial charge in [0.2, 0.25) is 5.95 Å². The minimum absolute atomic E-state index is 0.426. The highest BCUT2D eigenvalue weighted by molar-refractivity contribution is 5.38. The van der Waals surface area contributed by atoms with Gasteiger partial charge in [0.05, 0.1) is 11.7 Å². The minimum Gasteiger partial charge on any atom is -0.356 e. The van der Waals surface area contributed by atoms with Crippen molar-refractivity contribution in [3.05, 3.63) is 47.3 Å². The Morgan fingerprint density at radius 2 is 2.22 bits per heavy atom. The number of aromatic nitrogens is 2. The molecule has 3 rings (SSSR count). The molecule has 2 aromatic rings. The van der Waals surface area contributed by atoms with E-state index in [0.29, 0.717) is 6.04 Å². The van der Waals surface area contributed by atoms with Crippen LogP contribution in [0.15, 0.2) is 30.5 Å². The molecule has 0 fully saturated rings. The summed E-state index contributed by atoms with van der Waals surface area (Å²) >= 11 is 0. The fourth-order valence-electron chi connectivity index (χ4n) is 2.71. The van der Waals surface area contributed by atoms with Gasteiger partial charge in [-0.25, -0.2) is 4.98 Å². The first-order chi connectivity index (χ1) is 8.79. The van der Waals surface area contributed by atoms with Gasteiger partial charge in [-0.1, -0.05) is 31.2 Å². The van der Waals surface area contributed by atoms with Gasteiger partial charge in [-0.05, 0) is 30.9 Å². The average molecular weight is 241 g/mol. The molecular formula is C15H19N3. The molecule has 0 aliphatic carbocycles. The van der Waals surface area contributed by atoms with Crippen LogP contribution in [-0.4, -0.2) is 16.1 Å². The Morgan fingerprint density at radius 1 is 1.39 bits per heavy atom. The molecule has 0 saturated carbocycles. The molecule has 1 aromatic carbocycles. The first kappa shape index (κ1) is 11.3. The SMILES string of the molecule is CCc1cn2c(n1)NCCC2c1ccccc1C. The lowest BCUT2D eigenvalue weighted by atomic mass is 9.98. The van der Waals surface area contributed by atoms with Crippen LogP contribution in [0.2, 0.25) is 0 Å². The van der Waals surface area contributed by atoms with Crippen molar-refractivity contribution in [2.75, 3.05) is 11.9 Å². The summed E-state index contributed by atoms with van der Waals surface area (Å²) in [5.74, 6) is 1.02. The van der Waals surface area contributed by atoms with Gasteiger partial charge in [0.25, 0.3) is 0 Å². The van der Waals surface area contributed by atoms with Gasteiger partial charge in [-0.2, -0.15) is 0 Å². The van der Waals surface area contributed by atoms with Crippen LogP contribution in [0.1, 0.15) is 36.2 Å². The Bertz CT molecular complexity index is 557. The highest BCUT2D eigenvalue weighted by Crippen LogP contribution is 2.31. The van der Waals surface area contributed by atoms with Gasteiger partial charge in [0, 0.05) is 12.7 Å². The lowest BCUT2D eigenvalue weighted by Gasteiger charge is -2.27. The van der Waals surface area contributed by atoms with E-state index >= 15 is 0 Å². The maximum atomic E-state index is 4.63. The third-order valence-corrected chi connectivity index (χ3v) is 3.73. The summed E-state index contributed by atoms with van der Waals surface area (Å²) in [6.45, 7) is 5.34. The van der Waals surface area contributed by atoms with Crippen molar-refractivity contribution in [2.24, 2.45) is 0 Å². The highest BCUT2D eigenvalue weighted by Gasteiger charge is 2.23. The van der Waals surface area contributed by atoms with E-state index < -0.39 is 0 Å². The van der Waals surface area contributed by atoms with Crippen molar-refractivity contribution in [1.82, 2.24) is 9.55 Å². The quantitative estimate of drug-likeness (QED) is 0.875. The molecule has 1 aliphatic heterocycles. The summed E-state index contributed by atoms with van der Waals surface area (Å²) in [5.41, 5.74) is 3.94. The zero-order valence-electron chi connectivity index (χ0n) is 11.0. The summed E-state index contributed by atoms with van der Waals surface area (Å²) in [4.78, 5) is 4.63. The van der Waals surface area contributed by atoms with Crippen molar-refractivity contribution in [2.45, 2.75) is 32.7 Å². The molecule has 0 bridgehead atoms. The smallest absolute Gasteiger partial charge is 0.203 e. The third-order valence-electron chi connectivity index (χ3n) is 3.73. The van der Waals surface area contributed by atoms with Crippen molar-refractivity contribution in [1.29, 1.82) is 0 Å². The predicted octanol–water partition coefficient (Wildman–Crippen LogP) is 3.16. The summed E-state index contributed by atoms with van der Waals surface area (Å²) in [7, 11) is 0. The lowest BCUT2D eigenvalue weighted by Crippen LogP contribution is -2.23. The second kappa shape index (κ2) is 4.48. The highest BCUT2D eigenvalue weighted by atomic mass is 15.2. The second-order valence-electron chi connectivity index (χ2n) is 4.90. The van der Waals surface area contributed by atoms with Crippen LogP contribution in [-0.2, 0) is 6.42 Å². The number of imidazole rings is 1. The fourth-order valence-corrected chi connectivity index (χ4v) is 2.71. The molecule has 0 amide bonds. The van der Waals surface area contributed by atoms with Crippen molar-refractivity contribution < 1.29 is 0 Å². The van der Waals surface area contributed by atoms with Gasteiger partial charge >= 0.3 is 0 Å². The number of nitrogens with one attached hydrogen (secondary N) is 1. The van der Waals surface area contributed by atoms with E-state index in [2.05, 4.69) is 59.2 Å². The first-order valence-corrected chi connectivity index (χ1v) is 6.66. The number of aryl methyl sites for hydroxylation is 2. The Hall–Kier alpha value is -1.77. The molecular weight excluding hydrogens is 222 g/mol.